The molecule has 30 heavy (non-hydrogen) atoms. The standard InChI is InChI=1S/C23H24N4O3/c1-24-22(29)17-11-5-6-12-18(17)25-21(28)15-26-19-13-7-8-14-20(19)27(23(26)30)16-9-3-2-4-10-16/h5-9,11-14H,2-4,10,15H2,1H3,(H,24,29)(H,25,28). The summed E-state index contributed by atoms with van der Waals surface area (Å²) in [7, 11) is 1.54. The van der Waals surface area contributed by atoms with Crippen molar-refractivity contribution in [3.63, 3.8) is 0 Å². The van der Waals surface area contributed by atoms with Crippen LogP contribution in [0.4, 0.5) is 5.69 Å². The Hall–Kier alpha value is -3.61. The second kappa shape index (κ2) is 8.41. The van der Waals surface area contributed by atoms with Gasteiger partial charge in [0.2, 0.25) is 5.91 Å². The van der Waals surface area contributed by atoms with Crippen LogP contribution in [-0.4, -0.2) is 28.0 Å². The first kappa shape index (κ1) is 19.7. The minimum absolute atomic E-state index is 0.137. The predicted molar refractivity (Wildman–Crippen MR) is 117 cm³/mol. The van der Waals surface area contributed by atoms with Gasteiger partial charge in [-0.15, -0.1) is 0 Å². The van der Waals surface area contributed by atoms with Crippen LogP contribution in [0.3, 0.4) is 0 Å². The molecule has 1 heterocycles. The van der Waals surface area contributed by atoms with Gasteiger partial charge in [0.25, 0.3) is 5.91 Å². The SMILES string of the molecule is CNC(=O)c1ccccc1NC(=O)Cn1c(=O)n(C2=CCCCC2)c2ccccc21. The number of aromatic nitrogens is 2. The first-order valence-electron chi connectivity index (χ1n) is 10.1. The molecule has 1 aliphatic rings. The van der Waals surface area contributed by atoms with E-state index in [0.29, 0.717) is 16.8 Å². The Balaban J connectivity index is 1.68. The average molecular weight is 404 g/mol. The number of fused-ring (bicyclic) bond motifs is 1. The molecule has 0 unspecified atom stereocenters. The highest BCUT2D eigenvalue weighted by molar-refractivity contribution is 6.03. The maximum Gasteiger partial charge on any atom is 0.333 e. The van der Waals surface area contributed by atoms with Crippen molar-refractivity contribution >= 4 is 34.2 Å². The van der Waals surface area contributed by atoms with Gasteiger partial charge in [-0.25, -0.2) is 4.79 Å². The Morgan fingerprint density at radius 3 is 2.47 bits per heavy atom. The number of hydrogen-bond acceptors (Lipinski definition) is 3. The largest absolute Gasteiger partial charge is 0.355 e. The topological polar surface area (TPSA) is 85.1 Å². The fourth-order valence-corrected chi connectivity index (χ4v) is 3.92. The van der Waals surface area contributed by atoms with Crippen LogP contribution in [0.5, 0.6) is 0 Å². The Morgan fingerprint density at radius 2 is 1.73 bits per heavy atom. The third-order valence-corrected chi connectivity index (χ3v) is 5.36. The lowest BCUT2D eigenvalue weighted by Gasteiger charge is -2.13. The zero-order valence-corrected chi connectivity index (χ0v) is 16.9. The van der Waals surface area contributed by atoms with E-state index in [0.717, 1.165) is 36.9 Å². The van der Waals surface area contributed by atoms with E-state index in [-0.39, 0.29) is 24.0 Å². The molecule has 3 aromatic rings. The molecule has 2 aromatic carbocycles. The summed E-state index contributed by atoms with van der Waals surface area (Å²) in [5.41, 5.74) is 3.06. The first-order valence-corrected chi connectivity index (χ1v) is 10.1. The van der Waals surface area contributed by atoms with Crippen molar-refractivity contribution in [2.24, 2.45) is 0 Å². The van der Waals surface area contributed by atoms with Gasteiger partial charge < -0.3 is 10.6 Å². The highest BCUT2D eigenvalue weighted by Crippen LogP contribution is 2.25. The monoisotopic (exact) mass is 404 g/mol. The number of nitrogens with zero attached hydrogens (tertiary/aromatic N) is 2. The molecule has 0 saturated heterocycles. The molecule has 0 spiro atoms. The van der Waals surface area contributed by atoms with Crippen LogP contribution in [0, 0.1) is 0 Å². The summed E-state index contributed by atoms with van der Waals surface area (Å²) in [6, 6.07) is 14.3. The molecule has 154 valence electrons. The number of imidazole rings is 1. The number of benzene rings is 2. The lowest BCUT2D eigenvalue weighted by Crippen LogP contribution is -2.30. The summed E-state index contributed by atoms with van der Waals surface area (Å²) < 4.78 is 3.21. The molecule has 7 nitrogen and oxygen atoms in total. The molecule has 0 atom stereocenters. The average Bonchev–Trinajstić information content (AvgIpc) is 3.05. The number of rotatable bonds is 5. The molecular weight excluding hydrogens is 380 g/mol. The fraction of sp³-hybridized carbons (Fsp3) is 0.261. The lowest BCUT2D eigenvalue weighted by molar-refractivity contribution is -0.116. The van der Waals surface area contributed by atoms with E-state index in [1.54, 1.807) is 28.8 Å². The number of carbonyl (C=O) groups excluding carboxylic acids is 2. The molecular formula is C23H24N4O3. The second-order valence-corrected chi connectivity index (χ2v) is 7.31. The fourth-order valence-electron chi connectivity index (χ4n) is 3.92. The molecule has 2 amide bonds. The van der Waals surface area contributed by atoms with Crippen molar-refractivity contribution in [2.75, 3.05) is 12.4 Å². The predicted octanol–water partition coefficient (Wildman–Crippen LogP) is 3.22. The maximum absolute atomic E-state index is 13.2. The van der Waals surface area contributed by atoms with Gasteiger partial charge in [-0.05, 0) is 49.9 Å². The summed E-state index contributed by atoms with van der Waals surface area (Å²) in [6.07, 6.45) is 6.09. The number of nitrogens with one attached hydrogen (secondary N) is 2. The van der Waals surface area contributed by atoms with Crippen molar-refractivity contribution in [1.29, 1.82) is 0 Å². The van der Waals surface area contributed by atoms with Gasteiger partial charge in [0.05, 0.1) is 22.3 Å². The van der Waals surface area contributed by atoms with E-state index < -0.39 is 0 Å². The molecule has 1 aliphatic carbocycles. The van der Waals surface area contributed by atoms with Crippen LogP contribution >= 0.6 is 0 Å². The minimum Gasteiger partial charge on any atom is -0.355 e. The van der Waals surface area contributed by atoms with Gasteiger partial charge in [-0.3, -0.25) is 18.7 Å². The van der Waals surface area contributed by atoms with Crippen molar-refractivity contribution < 1.29 is 9.59 Å². The van der Waals surface area contributed by atoms with Crippen molar-refractivity contribution in [2.45, 2.75) is 32.2 Å². The van der Waals surface area contributed by atoms with Gasteiger partial charge in [-0.2, -0.15) is 0 Å². The third-order valence-electron chi connectivity index (χ3n) is 5.36. The Bertz CT molecular complexity index is 1200. The molecule has 7 heteroatoms. The normalized spacial score (nSPS) is 13.7. The number of allylic oxidation sites excluding steroid dienone is 2. The van der Waals surface area contributed by atoms with E-state index in [9.17, 15) is 14.4 Å². The van der Waals surface area contributed by atoms with Crippen molar-refractivity contribution in [3.05, 3.63) is 70.7 Å². The number of carbonyl (C=O) groups is 2. The zero-order chi connectivity index (χ0) is 21.1. The van der Waals surface area contributed by atoms with E-state index >= 15 is 0 Å². The number of amides is 2. The Morgan fingerprint density at radius 1 is 1.00 bits per heavy atom. The molecule has 0 bridgehead atoms. The summed E-state index contributed by atoms with van der Waals surface area (Å²) >= 11 is 0. The van der Waals surface area contributed by atoms with E-state index in [1.165, 1.54) is 11.6 Å². The summed E-state index contributed by atoms with van der Waals surface area (Å²) in [4.78, 5) is 38.1. The zero-order valence-electron chi connectivity index (χ0n) is 16.9. The van der Waals surface area contributed by atoms with Gasteiger partial charge in [0.1, 0.15) is 6.54 Å². The van der Waals surface area contributed by atoms with Crippen LogP contribution < -0.4 is 16.3 Å². The lowest BCUT2D eigenvalue weighted by atomic mass is 10.0. The molecule has 1 aromatic heterocycles. The molecule has 0 fully saturated rings. The van der Waals surface area contributed by atoms with E-state index in [1.807, 2.05) is 24.3 Å². The summed E-state index contributed by atoms with van der Waals surface area (Å²) in [5, 5.41) is 5.33. The summed E-state index contributed by atoms with van der Waals surface area (Å²) in [5.74, 6) is -0.655. The Labute approximate surface area is 174 Å². The minimum atomic E-state index is -0.367. The maximum atomic E-state index is 13.2. The Kier molecular flexibility index (Phi) is 5.52. The van der Waals surface area contributed by atoms with Gasteiger partial charge >= 0.3 is 5.69 Å². The molecule has 0 aliphatic heterocycles. The quantitative estimate of drug-likeness (QED) is 0.685. The van der Waals surface area contributed by atoms with Crippen LogP contribution in [0.15, 0.2) is 59.4 Å². The van der Waals surface area contributed by atoms with Crippen molar-refractivity contribution in [1.82, 2.24) is 14.5 Å². The number of anilines is 1. The van der Waals surface area contributed by atoms with Crippen LogP contribution in [-0.2, 0) is 11.3 Å². The molecule has 0 saturated carbocycles. The van der Waals surface area contributed by atoms with Gasteiger partial charge in [-0.1, -0.05) is 30.3 Å². The van der Waals surface area contributed by atoms with Crippen molar-refractivity contribution in [3.8, 4) is 0 Å². The van der Waals surface area contributed by atoms with E-state index in [2.05, 4.69) is 16.7 Å². The van der Waals surface area contributed by atoms with E-state index in [4.69, 9.17) is 0 Å². The first-order chi connectivity index (χ1) is 14.6. The smallest absolute Gasteiger partial charge is 0.333 e. The highest BCUT2D eigenvalue weighted by atomic mass is 16.2. The van der Waals surface area contributed by atoms with Gasteiger partial charge in [0, 0.05) is 12.7 Å². The van der Waals surface area contributed by atoms with Crippen LogP contribution in [0.2, 0.25) is 0 Å². The third kappa shape index (κ3) is 3.66. The number of para-hydroxylation sites is 3. The second-order valence-electron chi connectivity index (χ2n) is 7.31. The van der Waals surface area contributed by atoms with Gasteiger partial charge in [0.15, 0.2) is 0 Å². The summed E-state index contributed by atoms with van der Waals surface area (Å²) in [6.45, 7) is -0.137. The van der Waals surface area contributed by atoms with Crippen LogP contribution in [0.1, 0.15) is 36.0 Å². The number of hydrogen-bond donors (Lipinski definition) is 2. The molecule has 4 rings (SSSR count). The highest BCUT2D eigenvalue weighted by Gasteiger charge is 2.19. The molecule has 0 radical (unpaired) electrons. The van der Waals surface area contributed by atoms with Crippen LogP contribution in [0.25, 0.3) is 16.7 Å². The molecule has 2 N–H and O–H groups in total.